The van der Waals surface area contributed by atoms with Crippen molar-refractivity contribution in [3.8, 4) is 5.75 Å². The molecule has 4 atom stereocenters. The summed E-state index contributed by atoms with van der Waals surface area (Å²) < 4.78 is 28.8. The number of aromatic amines is 1. The van der Waals surface area contributed by atoms with Crippen LogP contribution in [0, 0.1) is 0 Å². The molecule has 1 saturated heterocycles. The molecule has 0 saturated carbocycles. The van der Waals surface area contributed by atoms with E-state index < -0.39 is 35.3 Å². The Kier molecular flexibility index (Phi) is 11.4. The van der Waals surface area contributed by atoms with Gasteiger partial charge in [-0.05, 0) is 0 Å². The third-order valence-corrected chi connectivity index (χ3v) is 11.3. The quantitative estimate of drug-likeness (QED) is 0.0910. The number of ether oxygens (including phenoxy) is 4. The van der Waals surface area contributed by atoms with Crippen molar-refractivity contribution in [2.75, 3.05) is 20.3 Å². The Labute approximate surface area is 292 Å². The second kappa shape index (κ2) is 16.3. The fraction of sp³-hybridized carbons (Fsp3) is 0.250. The van der Waals surface area contributed by atoms with Gasteiger partial charge in [0.1, 0.15) is 0 Å². The third-order valence-electron chi connectivity index (χ3n) is 8.53. The molecule has 252 valence electrons. The van der Waals surface area contributed by atoms with Gasteiger partial charge in [0.15, 0.2) is 0 Å². The first-order valence-corrected chi connectivity index (χ1v) is 18.2. The van der Waals surface area contributed by atoms with Crippen LogP contribution in [0.2, 0.25) is 4.82 Å². The SMILES string of the molecule is CC/C=C/CO[C@@H]1[C@@H]([Se]c2ccccc2)[C@H](n2ccc(=O)[nH]c2=O)O[C@@H]1COC(c1ccccc1)(c1ccccc1)c1ccc(OC)cc1. The molecule has 0 radical (unpaired) electrons. The van der Waals surface area contributed by atoms with Gasteiger partial charge in [-0.1, -0.05) is 0 Å². The fourth-order valence-electron chi connectivity index (χ4n) is 6.21. The molecule has 6 rings (SSSR count). The zero-order chi connectivity index (χ0) is 34.1. The van der Waals surface area contributed by atoms with Crippen molar-refractivity contribution in [1.29, 1.82) is 0 Å². The van der Waals surface area contributed by atoms with E-state index in [1.165, 1.54) is 16.8 Å². The molecule has 5 aromatic rings. The van der Waals surface area contributed by atoms with Gasteiger partial charge in [-0.3, -0.25) is 0 Å². The number of aromatic nitrogens is 2. The van der Waals surface area contributed by atoms with Crippen LogP contribution in [0.25, 0.3) is 0 Å². The molecule has 0 aliphatic carbocycles. The van der Waals surface area contributed by atoms with E-state index in [2.05, 4.69) is 54.4 Å². The molecule has 1 aliphatic rings. The number of hydrogen-bond donors (Lipinski definition) is 1. The molecule has 2 heterocycles. The molecule has 49 heavy (non-hydrogen) atoms. The van der Waals surface area contributed by atoms with Gasteiger partial charge in [-0.25, -0.2) is 0 Å². The summed E-state index contributed by atoms with van der Waals surface area (Å²) in [5, 5.41) is 0. The molecule has 1 aliphatic heterocycles. The molecule has 1 N–H and O–H groups in total. The summed E-state index contributed by atoms with van der Waals surface area (Å²) in [5.41, 5.74) is 0.816. The molecule has 1 fully saturated rings. The molecular weight excluding hydrogens is 683 g/mol. The predicted molar refractivity (Wildman–Crippen MR) is 192 cm³/mol. The minimum absolute atomic E-state index is 0.147. The van der Waals surface area contributed by atoms with E-state index in [9.17, 15) is 9.59 Å². The molecule has 4 aromatic carbocycles. The first kappa shape index (κ1) is 34.4. The van der Waals surface area contributed by atoms with Crippen molar-refractivity contribution < 1.29 is 18.9 Å². The summed E-state index contributed by atoms with van der Waals surface area (Å²) in [5.74, 6) is 0.742. The minimum atomic E-state index is -1.02. The Morgan fingerprint density at radius 2 is 1.43 bits per heavy atom. The number of rotatable bonds is 14. The number of nitrogens with one attached hydrogen (secondary N) is 1. The standard InChI is InChI=1S/C40H40N2O6Se/c1-3-4-14-27-46-36-34(48-38(42-26-25-35(43)41-39(42)44)37(36)49-33-19-12-7-13-20-33)28-47-40(29-15-8-5-9-16-29,30-17-10-6-11-18-30)31-21-23-32(45-2)24-22-31/h4-26,34,36-38H,3,27-28H2,1-2H3,(H,41,43,44)/b14-4+/t34-,36+,37-,38-/m1/s1. The number of H-pyrrole nitrogens is 1. The van der Waals surface area contributed by atoms with E-state index in [1.54, 1.807) is 7.11 Å². The predicted octanol–water partition coefficient (Wildman–Crippen LogP) is 5.62. The van der Waals surface area contributed by atoms with Crippen molar-refractivity contribution in [2.24, 2.45) is 0 Å². The van der Waals surface area contributed by atoms with E-state index in [-0.39, 0.29) is 26.4 Å². The monoisotopic (exact) mass is 724 g/mol. The average molecular weight is 724 g/mol. The maximum absolute atomic E-state index is 13.2. The van der Waals surface area contributed by atoms with E-state index in [1.807, 2.05) is 84.9 Å². The van der Waals surface area contributed by atoms with Crippen LogP contribution in [-0.4, -0.2) is 57.0 Å². The second-order valence-corrected chi connectivity index (χ2v) is 14.2. The molecule has 0 bridgehead atoms. The normalized spacial score (nSPS) is 19.3. The van der Waals surface area contributed by atoms with Crippen molar-refractivity contribution >= 4 is 19.4 Å². The second-order valence-electron chi connectivity index (χ2n) is 11.6. The van der Waals surface area contributed by atoms with E-state index in [0.29, 0.717) is 6.61 Å². The number of nitrogens with zero attached hydrogens (tertiary/aromatic N) is 1. The van der Waals surface area contributed by atoms with Crippen LogP contribution in [0.5, 0.6) is 5.75 Å². The summed E-state index contributed by atoms with van der Waals surface area (Å²) in [7, 11) is 1.65. The van der Waals surface area contributed by atoms with Gasteiger partial charge in [-0.15, -0.1) is 0 Å². The van der Waals surface area contributed by atoms with Crippen LogP contribution in [0.4, 0.5) is 0 Å². The van der Waals surface area contributed by atoms with E-state index in [4.69, 9.17) is 18.9 Å². The molecule has 0 unspecified atom stereocenters. The van der Waals surface area contributed by atoms with Gasteiger partial charge in [0, 0.05) is 0 Å². The van der Waals surface area contributed by atoms with Crippen molar-refractivity contribution in [3.63, 3.8) is 0 Å². The summed E-state index contributed by atoms with van der Waals surface area (Å²) in [6, 6.07) is 39.8. The third kappa shape index (κ3) is 7.72. The van der Waals surface area contributed by atoms with Crippen molar-refractivity contribution in [3.05, 3.63) is 177 Å². The fourth-order valence-corrected chi connectivity index (χ4v) is 8.99. The molecule has 1 aromatic heterocycles. The summed E-state index contributed by atoms with van der Waals surface area (Å²) >= 11 is -0.165. The Balaban J connectivity index is 1.44. The Morgan fingerprint density at radius 1 is 0.816 bits per heavy atom. The van der Waals surface area contributed by atoms with Crippen LogP contribution in [0.3, 0.4) is 0 Å². The maximum atomic E-state index is 13.2. The Morgan fingerprint density at radius 3 is 2.02 bits per heavy atom. The van der Waals surface area contributed by atoms with Crippen LogP contribution in [0.1, 0.15) is 36.3 Å². The zero-order valence-electron chi connectivity index (χ0n) is 27.5. The molecule has 9 heteroatoms. The number of benzene rings is 4. The first-order chi connectivity index (χ1) is 24.0. The van der Waals surface area contributed by atoms with Crippen LogP contribution in [-0.2, 0) is 19.8 Å². The Hall–Kier alpha value is -4.50. The molecule has 0 spiro atoms. The van der Waals surface area contributed by atoms with E-state index >= 15 is 0 Å². The van der Waals surface area contributed by atoms with Gasteiger partial charge in [0.2, 0.25) is 0 Å². The van der Waals surface area contributed by atoms with Crippen LogP contribution < -0.4 is 20.4 Å². The molecule has 0 amide bonds. The first-order valence-electron chi connectivity index (χ1n) is 16.4. The van der Waals surface area contributed by atoms with Crippen LogP contribution >= 0.6 is 0 Å². The number of methoxy groups -OCH3 is 1. The summed E-state index contributed by atoms with van der Waals surface area (Å²) in [4.78, 5) is 27.4. The van der Waals surface area contributed by atoms with Gasteiger partial charge in [-0.2, -0.15) is 0 Å². The van der Waals surface area contributed by atoms with Crippen molar-refractivity contribution in [2.45, 2.75) is 42.2 Å². The van der Waals surface area contributed by atoms with E-state index in [0.717, 1.165) is 33.3 Å². The Bertz CT molecular complexity index is 1870. The van der Waals surface area contributed by atoms with Gasteiger partial charge in [0.25, 0.3) is 0 Å². The van der Waals surface area contributed by atoms with Gasteiger partial charge in [0.05, 0.1) is 0 Å². The molecule has 8 nitrogen and oxygen atoms in total. The number of allylic oxidation sites excluding steroid dienone is 1. The van der Waals surface area contributed by atoms with Gasteiger partial charge >= 0.3 is 293 Å². The van der Waals surface area contributed by atoms with Gasteiger partial charge < -0.3 is 0 Å². The summed E-state index contributed by atoms with van der Waals surface area (Å²) in [6.45, 7) is 2.61. The van der Waals surface area contributed by atoms with Crippen molar-refractivity contribution in [1.82, 2.24) is 9.55 Å². The molecular formula is C40H40N2O6Se. The van der Waals surface area contributed by atoms with Crippen LogP contribution in [0.15, 0.2) is 149 Å². The zero-order valence-corrected chi connectivity index (χ0v) is 29.2. The summed E-state index contributed by atoms with van der Waals surface area (Å²) in [6.07, 6.45) is 4.81. The number of hydrogen-bond acceptors (Lipinski definition) is 6. The average Bonchev–Trinajstić information content (AvgIpc) is 3.47. The topological polar surface area (TPSA) is 91.8 Å².